The van der Waals surface area contributed by atoms with Crippen molar-refractivity contribution < 1.29 is 9.59 Å². The molecule has 2 aromatic rings. The van der Waals surface area contributed by atoms with E-state index in [0.29, 0.717) is 12.1 Å². The van der Waals surface area contributed by atoms with Crippen LogP contribution >= 0.6 is 0 Å². The molecule has 6 nitrogen and oxygen atoms in total. The summed E-state index contributed by atoms with van der Waals surface area (Å²) in [6, 6.07) is 13.6. The fourth-order valence-electron chi connectivity index (χ4n) is 3.41. The van der Waals surface area contributed by atoms with Crippen molar-refractivity contribution in [2.75, 3.05) is 10.3 Å². The van der Waals surface area contributed by atoms with E-state index in [4.69, 9.17) is 11.6 Å². The van der Waals surface area contributed by atoms with Crippen molar-refractivity contribution in [3.05, 3.63) is 64.7 Å². The molecule has 0 saturated heterocycles. The quantitative estimate of drug-likeness (QED) is 0.561. The highest BCUT2D eigenvalue weighted by molar-refractivity contribution is 5.92. The van der Waals surface area contributed by atoms with Gasteiger partial charge in [0, 0.05) is 24.6 Å². The molecule has 0 unspecified atom stereocenters. The largest absolute Gasteiger partial charge is 0.369 e. The number of amides is 2. The number of nitrogens with two attached hydrogens (primary N) is 2. The lowest BCUT2D eigenvalue weighted by atomic mass is 9.87. The van der Waals surface area contributed by atoms with Crippen molar-refractivity contribution in [3.63, 3.8) is 0 Å². The molecule has 2 amide bonds. The number of benzene rings is 2. The third-order valence-electron chi connectivity index (χ3n) is 4.66. The van der Waals surface area contributed by atoms with Crippen molar-refractivity contribution in [1.29, 1.82) is 0 Å². The van der Waals surface area contributed by atoms with Gasteiger partial charge < -0.3 is 11.1 Å². The molecular formula is C21H24N4O2. The maximum atomic E-state index is 11.6. The summed E-state index contributed by atoms with van der Waals surface area (Å²) in [6.45, 7) is 3.48. The van der Waals surface area contributed by atoms with Gasteiger partial charge in [-0.25, -0.2) is 5.84 Å². The molecule has 1 aliphatic carbocycles. The van der Waals surface area contributed by atoms with Crippen LogP contribution < -0.4 is 21.9 Å². The average Bonchev–Trinajstić information content (AvgIpc) is 2.60. The van der Waals surface area contributed by atoms with Crippen molar-refractivity contribution in [3.8, 4) is 0 Å². The van der Waals surface area contributed by atoms with Gasteiger partial charge in [0.2, 0.25) is 11.8 Å². The minimum atomic E-state index is -0.388. The molecule has 3 rings (SSSR count). The van der Waals surface area contributed by atoms with Crippen LogP contribution in [0.1, 0.15) is 36.5 Å². The Hall–Kier alpha value is -3.12. The normalized spacial score (nSPS) is 13.1. The first kappa shape index (κ1) is 18.7. The molecule has 140 valence electrons. The smallest absolute Gasteiger partial charge is 0.221 e. The van der Waals surface area contributed by atoms with Crippen LogP contribution in [0, 0.1) is 6.92 Å². The fourth-order valence-corrected chi connectivity index (χ4v) is 3.41. The average molecular weight is 364 g/mol. The van der Waals surface area contributed by atoms with Gasteiger partial charge in [-0.15, -0.1) is 0 Å². The molecule has 0 aromatic heterocycles. The van der Waals surface area contributed by atoms with Gasteiger partial charge in [-0.05, 0) is 55.2 Å². The van der Waals surface area contributed by atoms with Crippen LogP contribution in [0.4, 0.5) is 11.4 Å². The fraction of sp³-hybridized carbons (Fsp3) is 0.238. The lowest BCUT2D eigenvalue weighted by molar-refractivity contribution is -0.117. The van der Waals surface area contributed by atoms with Gasteiger partial charge in [0.05, 0.1) is 11.4 Å². The van der Waals surface area contributed by atoms with E-state index in [0.717, 1.165) is 40.1 Å². The number of nitrogens with one attached hydrogen (secondary N) is 1. The predicted molar refractivity (Wildman–Crippen MR) is 108 cm³/mol. The Morgan fingerprint density at radius 3 is 2.44 bits per heavy atom. The third-order valence-corrected chi connectivity index (χ3v) is 4.66. The van der Waals surface area contributed by atoms with Crippen LogP contribution in [0.25, 0.3) is 5.70 Å². The molecule has 27 heavy (non-hydrogen) atoms. The first-order valence-corrected chi connectivity index (χ1v) is 8.88. The van der Waals surface area contributed by atoms with Gasteiger partial charge >= 0.3 is 0 Å². The molecule has 0 saturated carbocycles. The zero-order valence-corrected chi connectivity index (χ0v) is 15.6. The summed E-state index contributed by atoms with van der Waals surface area (Å²) >= 11 is 0. The molecule has 0 spiro atoms. The molecule has 2 aromatic carbocycles. The Bertz CT molecular complexity index is 916. The molecule has 0 fully saturated rings. The summed E-state index contributed by atoms with van der Waals surface area (Å²) in [5, 5.41) is 4.41. The van der Waals surface area contributed by atoms with E-state index in [1.54, 1.807) is 5.01 Å². The van der Waals surface area contributed by atoms with Crippen LogP contribution in [0.2, 0.25) is 0 Å². The third kappa shape index (κ3) is 4.17. The minimum Gasteiger partial charge on any atom is -0.369 e. The first-order valence-electron chi connectivity index (χ1n) is 8.88. The Balaban J connectivity index is 2.12. The Labute approximate surface area is 158 Å². The molecule has 0 aliphatic heterocycles. The van der Waals surface area contributed by atoms with Crippen LogP contribution in [0.3, 0.4) is 0 Å². The maximum Gasteiger partial charge on any atom is 0.221 e. The number of anilines is 2. The molecule has 0 heterocycles. The molecule has 5 N–H and O–H groups in total. The zero-order chi connectivity index (χ0) is 19.6. The summed E-state index contributed by atoms with van der Waals surface area (Å²) in [5.41, 5.74) is 11.8. The monoisotopic (exact) mass is 364 g/mol. The van der Waals surface area contributed by atoms with E-state index in [1.807, 2.05) is 49.4 Å². The van der Waals surface area contributed by atoms with E-state index in [9.17, 15) is 9.59 Å². The number of carbonyl (C=O) groups excluding carboxylic acids is 2. The van der Waals surface area contributed by atoms with Crippen molar-refractivity contribution in [2.45, 2.75) is 33.1 Å². The van der Waals surface area contributed by atoms with Crippen molar-refractivity contribution in [1.82, 2.24) is 0 Å². The zero-order valence-electron chi connectivity index (χ0n) is 15.6. The molecule has 1 aliphatic rings. The van der Waals surface area contributed by atoms with Gasteiger partial charge in [-0.3, -0.25) is 14.6 Å². The summed E-state index contributed by atoms with van der Waals surface area (Å²) in [5.74, 6) is 5.96. The lowest BCUT2D eigenvalue weighted by Crippen LogP contribution is -2.32. The Morgan fingerprint density at radius 2 is 1.81 bits per heavy atom. The SMILES string of the molecule is CC(=O)Nc1ccc2c(c1)C(N(N)c1ccc(C)cc1)=C(CC(N)=O)CC2. The summed E-state index contributed by atoms with van der Waals surface area (Å²) in [6.07, 6.45) is 1.66. The van der Waals surface area contributed by atoms with Gasteiger partial charge in [-0.1, -0.05) is 23.8 Å². The van der Waals surface area contributed by atoms with Crippen molar-refractivity contribution >= 4 is 28.9 Å². The molecule has 6 heteroatoms. The summed E-state index contributed by atoms with van der Waals surface area (Å²) in [7, 11) is 0. The Morgan fingerprint density at radius 1 is 1.11 bits per heavy atom. The number of primary amides is 1. The predicted octanol–water partition coefficient (Wildman–Crippen LogP) is 2.87. The number of fused-ring (bicyclic) bond motifs is 1. The molecule has 0 atom stereocenters. The van der Waals surface area contributed by atoms with Gasteiger partial charge in [0.1, 0.15) is 0 Å². The highest BCUT2D eigenvalue weighted by Crippen LogP contribution is 2.37. The number of hydrogen-bond donors (Lipinski definition) is 3. The van der Waals surface area contributed by atoms with Crippen LogP contribution in [0.5, 0.6) is 0 Å². The highest BCUT2D eigenvalue weighted by atomic mass is 16.1. The lowest BCUT2D eigenvalue weighted by Gasteiger charge is -2.31. The van der Waals surface area contributed by atoms with Crippen LogP contribution in [-0.2, 0) is 16.0 Å². The number of aryl methyl sites for hydroxylation is 2. The second kappa shape index (κ2) is 7.63. The highest BCUT2D eigenvalue weighted by Gasteiger charge is 2.24. The van der Waals surface area contributed by atoms with Crippen LogP contribution in [-0.4, -0.2) is 11.8 Å². The van der Waals surface area contributed by atoms with E-state index in [1.165, 1.54) is 6.92 Å². The second-order valence-corrected chi connectivity index (χ2v) is 6.85. The first-order chi connectivity index (χ1) is 12.8. The van der Waals surface area contributed by atoms with Crippen molar-refractivity contribution in [2.24, 2.45) is 11.6 Å². The number of carbonyl (C=O) groups is 2. The number of rotatable bonds is 5. The summed E-state index contributed by atoms with van der Waals surface area (Å²) in [4.78, 5) is 23.1. The second-order valence-electron chi connectivity index (χ2n) is 6.85. The molecular weight excluding hydrogens is 340 g/mol. The van der Waals surface area contributed by atoms with Gasteiger partial charge in [-0.2, -0.15) is 0 Å². The molecule has 0 radical (unpaired) electrons. The number of nitrogens with zero attached hydrogens (tertiary/aromatic N) is 1. The minimum absolute atomic E-state index is 0.142. The number of hydrogen-bond acceptors (Lipinski definition) is 4. The molecule has 0 bridgehead atoms. The maximum absolute atomic E-state index is 11.6. The van der Waals surface area contributed by atoms with Gasteiger partial charge in [0.15, 0.2) is 0 Å². The van der Waals surface area contributed by atoms with Gasteiger partial charge in [0.25, 0.3) is 0 Å². The number of hydrazine groups is 1. The standard InChI is InChI=1S/C21H24N4O2/c1-13-3-9-18(10-4-13)25(23)21-16(11-20(22)27)6-5-15-7-8-17(12-19(15)21)24-14(2)26/h3-4,7-10,12H,5-6,11,23H2,1-2H3,(H2,22,27)(H,24,26). The Kier molecular flexibility index (Phi) is 5.28. The van der Waals surface area contributed by atoms with E-state index in [-0.39, 0.29) is 18.2 Å². The van der Waals surface area contributed by atoms with E-state index >= 15 is 0 Å². The topological polar surface area (TPSA) is 101 Å². The van der Waals surface area contributed by atoms with Crippen LogP contribution in [0.15, 0.2) is 48.0 Å². The van der Waals surface area contributed by atoms with E-state index in [2.05, 4.69) is 5.32 Å². The van der Waals surface area contributed by atoms with E-state index < -0.39 is 0 Å². The summed E-state index contributed by atoms with van der Waals surface area (Å²) < 4.78 is 0.